The third-order valence-electron chi connectivity index (χ3n) is 6.96. The summed E-state index contributed by atoms with van der Waals surface area (Å²) in [5.74, 6) is -0.971. The van der Waals surface area contributed by atoms with Crippen molar-refractivity contribution in [1.82, 2.24) is 10.2 Å². The quantitative estimate of drug-likeness (QED) is 0.286. The van der Waals surface area contributed by atoms with Crippen molar-refractivity contribution in [3.63, 3.8) is 0 Å². The van der Waals surface area contributed by atoms with Gasteiger partial charge in [0.1, 0.15) is 24.0 Å². The number of ether oxygens (including phenoxy) is 1. The number of rotatable bonds is 12. The van der Waals surface area contributed by atoms with Crippen molar-refractivity contribution >= 4 is 44.8 Å². The molecule has 0 radical (unpaired) electrons. The van der Waals surface area contributed by atoms with Gasteiger partial charge in [-0.2, -0.15) is 0 Å². The van der Waals surface area contributed by atoms with E-state index in [1.54, 1.807) is 31.2 Å². The molecule has 218 valence electrons. The van der Waals surface area contributed by atoms with Gasteiger partial charge in [0.25, 0.3) is 5.69 Å². The third kappa shape index (κ3) is 7.85. The van der Waals surface area contributed by atoms with E-state index >= 15 is 0 Å². The minimum Gasteiger partial charge on any atom is -0.495 e. The standard InChI is InChI=1S/C27H35ClN4O7S/c1-4-23(27(34)29-20-11-6-5-7-12-20)30(17-19-10-8-9-13-22(19)28)26(33)18-31(40(3,37)38)24-16-21(32(35)36)14-15-25(24)39-2/h8-10,13-16,20,23H,4-7,11-12,17-18H2,1-3H3,(H,29,34)/t23-/m0/s1. The maximum Gasteiger partial charge on any atom is 0.271 e. The average molecular weight is 595 g/mol. The van der Waals surface area contributed by atoms with E-state index in [0.29, 0.717) is 10.6 Å². The lowest BCUT2D eigenvalue weighted by molar-refractivity contribution is -0.384. The maximum atomic E-state index is 13.9. The lowest BCUT2D eigenvalue weighted by atomic mass is 9.95. The molecule has 40 heavy (non-hydrogen) atoms. The molecule has 11 nitrogen and oxygen atoms in total. The topological polar surface area (TPSA) is 139 Å². The molecular weight excluding hydrogens is 560 g/mol. The van der Waals surface area contributed by atoms with Crippen LogP contribution in [-0.2, 0) is 26.2 Å². The molecule has 0 aromatic heterocycles. The van der Waals surface area contributed by atoms with Gasteiger partial charge in [0.2, 0.25) is 21.8 Å². The monoisotopic (exact) mass is 594 g/mol. The number of carbonyl (C=O) groups is 2. The van der Waals surface area contributed by atoms with E-state index in [2.05, 4.69) is 5.32 Å². The first-order chi connectivity index (χ1) is 19.0. The Hall–Kier alpha value is -3.38. The number of non-ortho nitro benzene ring substituents is 1. The van der Waals surface area contributed by atoms with E-state index < -0.39 is 33.4 Å². The van der Waals surface area contributed by atoms with E-state index in [1.807, 2.05) is 0 Å². The molecular formula is C27H35ClN4O7S. The molecule has 0 aliphatic heterocycles. The Labute approximate surface area is 239 Å². The second-order valence-electron chi connectivity index (χ2n) is 9.76. The van der Waals surface area contributed by atoms with Crippen molar-refractivity contribution in [2.24, 2.45) is 0 Å². The predicted molar refractivity (Wildman–Crippen MR) is 153 cm³/mol. The zero-order valence-corrected chi connectivity index (χ0v) is 24.4. The summed E-state index contributed by atoms with van der Waals surface area (Å²) in [5.41, 5.74) is 0.0494. The number of sulfonamides is 1. The molecule has 0 saturated heterocycles. The van der Waals surface area contributed by atoms with E-state index in [9.17, 15) is 28.1 Å². The van der Waals surface area contributed by atoms with Crippen LogP contribution in [0.5, 0.6) is 5.75 Å². The van der Waals surface area contributed by atoms with Gasteiger partial charge in [0.15, 0.2) is 0 Å². The Morgan fingerprint density at radius 2 is 1.85 bits per heavy atom. The number of anilines is 1. The van der Waals surface area contributed by atoms with Crippen molar-refractivity contribution in [3.8, 4) is 5.75 Å². The number of methoxy groups -OCH3 is 1. The maximum absolute atomic E-state index is 13.9. The fraction of sp³-hybridized carbons (Fsp3) is 0.481. The molecule has 0 unspecified atom stereocenters. The number of hydrogen-bond donors (Lipinski definition) is 1. The van der Waals surface area contributed by atoms with Crippen molar-refractivity contribution in [1.29, 1.82) is 0 Å². The van der Waals surface area contributed by atoms with Crippen LogP contribution in [-0.4, -0.2) is 62.0 Å². The number of hydrogen-bond acceptors (Lipinski definition) is 7. The molecule has 2 aromatic carbocycles. The van der Waals surface area contributed by atoms with Crippen LogP contribution < -0.4 is 14.4 Å². The molecule has 1 N–H and O–H groups in total. The highest BCUT2D eigenvalue weighted by Gasteiger charge is 2.34. The lowest BCUT2D eigenvalue weighted by Crippen LogP contribution is -2.54. The number of nitro groups is 1. The summed E-state index contributed by atoms with van der Waals surface area (Å²) in [4.78, 5) is 39.5. The fourth-order valence-electron chi connectivity index (χ4n) is 4.86. The van der Waals surface area contributed by atoms with Crippen LogP contribution in [0.15, 0.2) is 42.5 Å². The number of nitrogens with zero attached hydrogens (tertiary/aromatic N) is 3. The van der Waals surface area contributed by atoms with Crippen LogP contribution in [0.3, 0.4) is 0 Å². The minimum atomic E-state index is -4.12. The normalized spacial score (nSPS) is 14.7. The van der Waals surface area contributed by atoms with Crippen LogP contribution in [0.4, 0.5) is 11.4 Å². The average Bonchev–Trinajstić information content (AvgIpc) is 2.92. The van der Waals surface area contributed by atoms with Gasteiger partial charge < -0.3 is 15.0 Å². The SMILES string of the molecule is CC[C@@H](C(=O)NC1CCCCC1)N(Cc1ccccc1Cl)C(=O)CN(c1cc([N+](=O)[O-])ccc1OC)S(C)(=O)=O. The molecule has 13 heteroatoms. The summed E-state index contributed by atoms with van der Waals surface area (Å²) >= 11 is 6.39. The zero-order valence-electron chi connectivity index (χ0n) is 22.8. The Morgan fingerprint density at radius 1 is 1.18 bits per heavy atom. The summed E-state index contributed by atoms with van der Waals surface area (Å²) in [5, 5.41) is 14.9. The Bertz CT molecular complexity index is 1330. The van der Waals surface area contributed by atoms with Crippen LogP contribution in [0, 0.1) is 10.1 Å². The molecule has 0 heterocycles. The first-order valence-electron chi connectivity index (χ1n) is 13.1. The second-order valence-corrected chi connectivity index (χ2v) is 12.1. The molecule has 2 aromatic rings. The second kappa shape index (κ2) is 13.8. The number of nitro benzene ring substituents is 1. The Kier molecular flexibility index (Phi) is 10.7. The van der Waals surface area contributed by atoms with Crippen molar-refractivity contribution in [2.75, 3.05) is 24.2 Å². The number of amides is 2. The number of carbonyl (C=O) groups excluding carboxylic acids is 2. The highest BCUT2D eigenvalue weighted by atomic mass is 35.5. The molecule has 3 rings (SSSR count). The van der Waals surface area contributed by atoms with Gasteiger partial charge in [-0.15, -0.1) is 0 Å². The molecule has 1 fully saturated rings. The fourth-order valence-corrected chi connectivity index (χ4v) is 5.90. The van der Waals surface area contributed by atoms with Gasteiger partial charge in [0.05, 0.1) is 18.3 Å². The van der Waals surface area contributed by atoms with Gasteiger partial charge in [-0.05, 0) is 37.0 Å². The van der Waals surface area contributed by atoms with Crippen LogP contribution in [0.25, 0.3) is 0 Å². The number of benzene rings is 2. The first-order valence-corrected chi connectivity index (χ1v) is 15.3. The highest BCUT2D eigenvalue weighted by molar-refractivity contribution is 7.92. The van der Waals surface area contributed by atoms with Crippen molar-refractivity contribution < 1.29 is 27.7 Å². The van der Waals surface area contributed by atoms with E-state index in [-0.39, 0.29) is 42.0 Å². The van der Waals surface area contributed by atoms with Crippen molar-refractivity contribution in [3.05, 3.63) is 63.2 Å². The summed E-state index contributed by atoms with van der Waals surface area (Å²) in [6, 6.07) is 9.48. The van der Waals surface area contributed by atoms with Gasteiger partial charge in [0, 0.05) is 29.7 Å². The summed E-state index contributed by atoms with van der Waals surface area (Å²) in [6.07, 6.45) is 6.02. The smallest absolute Gasteiger partial charge is 0.271 e. The number of nitrogens with one attached hydrogen (secondary N) is 1. The molecule has 2 amide bonds. The van der Waals surface area contributed by atoms with Gasteiger partial charge >= 0.3 is 0 Å². The molecule has 1 saturated carbocycles. The predicted octanol–water partition coefficient (Wildman–Crippen LogP) is 4.28. The van der Waals surface area contributed by atoms with Crippen LogP contribution in [0.2, 0.25) is 5.02 Å². The van der Waals surface area contributed by atoms with Crippen LogP contribution in [0.1, 0.15) is 51.0 Å². The minimum absolute atomic E-state index is 0.00853. The molecule has 0 bridgehead atoms. The first kappa shape index (κ1) is 31.2. The zero-order chi connectivity index (χ0) is 29.4. The molecule has 0 spiro atoms. The molecule has 1 atom stereocenters. The van der Waals surface area contributed by atoms with E-state index in [1.165, 1.54) is 24.1 Å². The van der Waals surface area contributed by atoms with E-state index in [0.717, 1.165) is 48.7 Å². The van der Waals surface area contributed by atoms with Gasteiger partial charge in [-0.3, -0.25) is 24.0 Å². The van der Waals surface area contributed by atoms with Crippen molar-refractivity contribution in [2.45, 2.75) is 64.1 Å². The Balaban J connectivity index is 2.01. The lowest BCUT2D eigenvalue weighted by Gasteiger charge is -2.34. The van der Waals surface area contributed by atoms with Crippen LogP contribution >= 0.6 is 11.6 Å². The molecule has 1 aliphatic rings. The highest BCUT2D eigenvalue weighted by Crippen LogP contribution is 2.34. The molecule has 1 aliphatic carbocycles. The summed E-state index contributed by atoms with van der Waals surface area (Å²) in [7, 11) is -2.83. The third-order valence-corrected chi connectivity index (χ3v) is 8.45. The number of halogens is 1. The largest absolute Gasteiger partial charge is 0.495 e. The van der Waals surface area contributed by atoms with E-state index in [4.69, 9.17) is 16.3 Å². The summed E-state index contributed by atoms with van der Waals surface area (Å²) < 4.78 is 31.9. The Morgan fingerprint density at radius 3 is 2.42 bits per heavy atom. The van der Waals surface area contributed by atoms with Gasteiger partial charge in [-0.25, -0.2) is 8.42 Å². The summed E-state index contributed by atoms with van der Waals surface area (Å²) in [6.45, 7) is 1.02. The van der Waals surface area contributed by atoms with Gasteiger partial charge in [-0.1, -0.05) is 56.0 Å².